The Labute approximate surface area is 183 Å². The van der Waals surface area contributed by atoms with Crippen molar-refractivity contribution in [1.82, 2.24) is 14.8 Å². The van der Waals surface area contributed by atoms with E-state index in [0.29, 0.717) is 30.3 Å². The fourth-order valence-electron chi connectivity index (χ4n) is 3.45. The highest BCUT2D eigenvalue weighted by Crippen LogP contribution is 2.37. The Morgan fingerprint density at radius 1 is 1.29 bits per heavy atom. The fraction of sp³-hybridized carbons (Fsp3) is 0.318. The van der Waals surface area contributed by atoms with Crippen LogP contribution >= 0.6 is 11.3 Å². The van der Waals surface area contributed by atoms with E-state index in [9.17, 15) is 14.0 Å². The van der Waals surface area contributed by atoms with Gasteiger partial charge in [-0.1, -0.05) is 6.07 Å². The maximum atomic E-state index is 13.0. The Kier molecular flexibility index (Phi) is 6.15. The van der Waals surface area contributed by atoms with Crippen molar-refractivity contribution in [2.24, 2.45) is 0 Å². The van der Waals surface area contributed by atoms with E-state index in [2.05, 4.69) is 4.98 Å². The Morgan fingerprint density at radius 2 is 2.06 bits per heavy atom. The number of hydrogen-bond donors (Lipinski definition) is 0. The van der Waals surface area contributed by atoms with Crippen LogP contribution in [0.15, 0.2) is 42.6 Å². The molecule has 1 aliphatic rings. The molecule has 9 heteroatoms. The lowest BCUT2D eigenvalue weighted by atomic mass is 10.0. The second-order valence-corrected chi connectivity index (χ2v) is 8.34. The van der Waals surface area contributed by atoms with Gasteiger partial charge in [-0.3, -0.25) is 9.59 Å². The van der Waals surface area contributed by atoms with Crippen LogP contribution in [0.4, 0.5) is 4.39 Å². The summed E-state index contributed by atoms with van der Waals surface area (Å²) in [7, 11) is 3.41. The maximum absolute atomic E-state index is 13.0. The van der Waals surface area contributed by atoms with Crippen LogP contribution in [0.3, 0.4) is 0 Å². The van der Waals surface area contributed by atoms with Crippen LogP contribution in [0, 0.1) is 5.82 Å². The second kappa shape index (κ2) is 8.99. The van der Waals surface area contributed by atoms with Crippen molar-refractivity contribution < 1.29 is 23.5 Å². The largest absolute Gasteiger partial charge is 0.484 e. The van der Waals surface area contributed by atoms with E-state index in [1.807, 2.05) is 12.1 Å². The van der Waals surface area contributed by atoms with E-state index < -0.39 is 6.10 Å². The molecule has 0 radical (unpaired) electrons. The third-order valence-electron chi connectivity index (χ3n) is 5.02. The molecule has 2 aromatic heterocycles. The number of amides is 2. The average Bonchev–Trinajstić information content (AvgIpc) is 3.17. The van der Waals surface area contributed by atoms with Crippen LogP contribution in [0.2, 0.25) is 0 Å². The zero-order valence-electron chi connectivity index (χ0n) is 17.2. The van der Waals surface area contributed by atoms with Crippen LogP contribution in [-0.4, -0.2) is 67.0 Å². The minimum absolute atomic E-state index is 0.121. The van der Waals surface area contributed by atoms with E-state index in [0.717, 1.165) is 15.8 Å². The molecule has 2 amide bonds. The molecule has 1 unspecified atom stereocenters. The second-order valence-electron chi connectivity index (χ2n) is 7.34. The smallest absolute Gasteiger partial charge is 0.263 e. The number of benzene rings is 1. The number of aromatic nitrogens is 1. The van der Waals surface area contributed by atoms with E-state index in [1.54, 1.807) is 25.2 Å². The molecule has 0 N–H and O–H groups in total. The van der Waals surface area contributed by atoms with Gasteiger partial charge < -0.3 is 19.3 Å². The van der Waals surface area contributed by atoms with Gasteiger partial charge in [0.1, 0.15) is 27.4 Å². The molecule has 1 atom stereocenters. The number of hydrogen-bond acceptors (Lipinski definition) is 6. The Hall–Kier alpha value is -3.04. The summed E-state index contributed by atoms with van der Waals surface area (Å²) in [5.74, 6) is -0.260. The SMILES string of the molecule is CN(C)C(=O)c1sc2ncccc2c1C1CN(C(=O)COc2ccc(F)cc2)CCO1. The molecule has 1 aliphatic heterocycles. The summed E-state index contributed by atoms with van der Waals surface area (Å²) in [4.78, 5) is 34.4. The van der Waals surface area contributed by atoms with Crippen molar-refractivity contribution in [2.45, 2.75) is 6.10 Å². The van der Waals surface area contributed by atoms with E-state index in [1.165, 1.54) is 40.5 Å². The predicted molar refractivity (Wildman–Crippen MR) is 115 cm³/mol. The molecule has 0 bridgehead atoms. The van der Waals surface area contributed by atoms with Gasteiger partial charge in [0.2, 0.25) is 0 Å². The molecule has 1 aromatic carbocycles. The number of carbonyl (C=O) groups is 2. The first-order valence-corrected chi connectivity index (χ1v) is 10.6. The highest BCUT2D eigenvalue weighted by Gasteiger charge is 2.32. The fourth-order valence-corrected chi connectivity index (χ4v) is 4.67. The molecular weight excluding hydrogens is 421 g/mol. The van der Waals surface area contributed by atoms with Crippen molar-refractivity contribution >= 4 is 33.4 Å². The van der Waals surface area contributed by atoms with E-state index in [-0.39, 0.29) is 24.2 Å². The zero-order chi connectivity index (χ0) is 22.0. The Bertz CT molecular complexity index is 1100. The molecule has 1 fully saturated rings. The number of thiophene rings is 1. The average molecular weight is 444 g/mol. The molecule has 0 saturated carbocycles. The first-order chi connectivity index (χ1) is 14.9. The number of rotatable bonds is 5. The summed E-state index contributed by atoms with van der Waals surface area (Å²) in [5, 5.41) is 0.861. The number of fused-ring (bicyclic) bond motifs is 1. The lowest BCUT2D eigenvalue weighted by Crippen LogP contribution is -2.44. The lowest BCUT2D eigenvalue weighted by Gasteiger charge is -2.33. The van der Waals surface area contributed by atoms with Crippen molar-refractivity contribution in [1.29, 1.82) is 0 Å². The minimum atomic E-state index is -0.444. The van der Waals surface area contributed by atoms with E-state index in [4.69, 9.17) is 9.47 Å². The van der Waals surface area contributed by atoms with Crippen molar-refractivity contribution in [3.63, 3.8) is 0 Å². The first kappa shape index (κ1) is 21.2. The minimum Gasteiger partial charge on any atom is -0.484 e. The highest BCUT2D eigenvalue weighted by molar-refractivity contribution is 7.20. The molecule has 3 aromatic rings. The van der Waals surface area contributed by atoms with Crippen LogP contribution in [0.25, 0.3) is 10.2 Å². The maximum Gasteiger partial charge on any atom is 0.263 e. The molecule has 0 aliphatic carbocycles. The van der Waals surface area contributed by atoms with E-state index >= 15 is 0 Å². The quantitative estimate of drug-likeness (QED) is 0.606. The van der Waals surface area contributed by atoms with Crippen LogP contribution in [0.1, 0.15) is 21.3 Å². The van der Waals surface area contributed by atoms with Gasteiger partial charge in [0, 0.05) is 37.8 Å². The number of morpholine rings is 1. The number of ether oxygens (including phenoxy) is 2. The van der Waals surface area contributed by atoms with Gasteiger partial charge >= 0.3 is 0 Å². The van der Waals surface area contributed by atoms with Crippen molar-refractivity contribution in [2.75, 3.05) is 40.4 Å². The number of nitrogens with zero attached hydrogens (tertiary/aromatic N) is 3. The summed E-state index contributed by atoms with van der Waals surface area (Å²) >= 11 is 1.33. The van der Waals surface area contributed by atoms with Gasteiger partial charge in [0.25, 0.3) is 11.8 Å². The highest BCUT2D eigenvalue weighted by atomic mass is 32.1. The number of halogens is 1. The van der Waals surface area contributed by atoms with Crippen molar-refractivity contribution in [3.8, 4) is 5.75 Å². The van der Waals surface area contributed by atoms with Crippen molar-refractivity contribution in [3.05, 3.63) is 58.9 Å². The normalized spacial score (nSPS) is 16.4. The van der Waals surface area contributed by atoms with Gasteiger partial charge in [0.05, 0.1) is 13.2 Å². The van der Waals surface area contributed by atoms with Crippen LogP contribution < -0.4 is 4.74 Å². The first-order valence-electron chi connectivity index (χ1n) is 9.81. The molecule has 4 rings (SSSR count). The van der Waals surface area contributed by atoms with Crippen LogP contribution in [-0.2, 0) is 9.53 Å². The van der Waals surface area contributed by atoms with Crippen LogP contribution in [0.5, 0.6) is 5.75 Å². The number of pyridine rings is 1. The molecule has 31 heavy (non-hydrogen) atoms. The topological polar surface area (TPSA) is 72.0 Å². The monoisotopic (exact) mass is 443 g/mol. The van der Waals surface area contributed by atoms with Gasteiger partial charge in [-0.15, -0.1) is 11.3 Å². The van der Waals surface area contributed by atoms with Gasteiger partial charge in [0.15, 0.2) is 6.61 Å². The lowest BCUT2D eigenvalue weighted by molar-refractivity contribution is -0.141. The third-order valence-corrected chi connectivity index (χ3v) is 6.14. The predicted octanol–water partition coefficient (Wildman–Crippen LogP) is 3.12. The summed E-state index contributed by atoms with van der Waals surface area (Å²) < 4.78 is 24.5. The Balaban J connectivity index is 1.53. The molecule has 7 nitrogen and oxygen atoms in total. The van der Waals surface area contributed by atoms with Gasteiger partial charge in [-0.2, -0.15) is 0 Å². The summed E-state index contributed by atoms with van der Waals surface area (Å²) in [6.45, 7) is 0.924. The third kappa shape index (κ3) is 4.52. The van der Waals surface area contributed by atoms with Gasteiger partial charge in [-0.25, -0.2) is 9.37 Å². The number of carbonyl (C=O) groups excluding carboxylic acids is 2. The molecular formula is C22H22FN3O4S. The summed E-state index contributed by atoms with van der Waals surface area (Å²) in [6, 6.07) is 9.27. The Morgan fingerprint density at radius 3 is 2.81 bits per heavy atom. The standard InChI is InChI=1S/C22H22FN3O4S/c1-25(2)22(28)20-19(16-4-3-9-24-21(16)31-20)17-12-26(10-11-29-17)18(27)13-30-15-7-5-14(23)6-8-15/h3-9,17H,10-13H2,1-2H3. The zero-order valence-corrected chi connectivity index (χ0v) is 18.0. The summed E-state index contributed by atoms with van der Waals surface area (Å²) in [6.07, 6.45) is 1.25. The molecule has 0 spiro atoms. The molecule has 3 heterocycles. The van der Waals surface area contributed by atoms with Gasteiger partial charge in [-0.05, 0) is 30.3 Å². The molecule has 162 valence electrons. The summed E-state index contributed by atoms with van der Waals surface area (Å²) in [5.41, 5.74) is 0.767. The molecule has 1 saturated heterocycles.